The number of nitrogens with one attached hydrogen (secondary N) is 1. The Bertz CT molecular complexity index is 997. The summed E-state index contributed by atoms with van der Waals surface area (Å²) in [7, 11) is 3.86. The molecule has 8 heteroatoms. The number of benzene rings is 2. The minimum Gasteiger partial charge on any atom is -0.378 e. The molecule has 1 fully saturated rings. The Morgan fingerprint density at radius 3 is 2.32 bits per heavy atom. The summed E-state index contributed by atoms with van der Waals surface area (Å²) in [6.45, 7) is 5.84. The first kappa shape index (κ1) is 22.6. The Labute approximate surface area is 188 Å². The van der Waals surface area contributed by atoms with Gasteiger partial charge in [0.25, 0.3) is 5.91 Å². The van der Waals surface area contributed by atoms with Gasteiger partial charge in [-0.3, -0.25) is 14.9 Å². The molecule has 0 saturated carbocycles. The van der Waals surface area contributed by atoms with Crippen LogP contribution in [-0.2, 0) is 4.79 Å². The molecule has 3 rings (SSSR count). The monoisotopic (exact) mass is 441 g/mol. The first-order valence-corrected chi connectivity index (χ1v) is 10.6. The summed E-state index contributed by atoms with van der Waals surface area (Å²) in [5.41, 5.74) is 3.14. The predicted molar refractivity (Wildman–Crippen MR) is 125 cm³/mol. The van der Waals surface area contributed by atoms with Crippen molar-refractivity contribution in [1.29, 1.82) is 0 Å². The molecule has 0 radical (unpaired) electrons. The zero-order valence-electron chi connectivity index (χ0n) is 18.4. The minimum atomic E-state index is -0.233. The van der Waals surface area contributed by atoms with E-state index in [1.165, 1.54) is 0 Å². The highest BCUT2D eigenvalue weighted by molar-refractivity contribution is 6.30. The number of rotatable bonds is 3. The summed E-state index contributed by atoms with van der Waals surface area (Å²) in [5, 5.41) is 3.62. The lowest BCUT2D eigenvalue weighted by molar-refractivity contribution is -0.130. The van der Waals surface area contributed by atoms with E-state index in [1.807, 2.05) is 61.2 Å². The number of hydrogen-bond donors (Lipinski definition) is 1. The highest BCUT2D eigenvalue weighted by Gasteiger charge is 2.23. The summed E-state index contributed by atoms with van der Waals surface area (Å²) in [6, 6.07) is 12.9. The summed E-state index contributed by atoms with van der Waals surface area (Å²) in [6.07, 6.45) is 0. The number of nitrogens with zero attached hydrogens (tertiary/aromatic N) is 4. The Morgan fingerprint density at radius 1 is 1.03 bits per heavy atom. The van der Waals surface area contributed by atoms with Crippen molar-refractivity contribution >= 4 is 40.7 Å². The highest BCUT2D eigenvalue weighted by atomic mass is 35.5. The first-order valence-electron chi connectivity index (χ1n) is 10.2. The normalized spacial score (nSPS) is 14.4. The van der Waals surface area contributed by atoms with Crippen LogP contribution in [0.25, 0.3) is 0 Å². The number of guanidine groups is 1. The second kappa shape index (κ2) is 9.83. The van der Waals surface area contributed by atoms with Gasteiger partial charge in [0.2, 0.25) is 11.9 Å². The maximum absolute atomic E-state index is 13.1. The molecule has 1 aliphatic rings. The largest absolute Gasteiger partial charge is 0.378 e. The molecule has 164 valence electrons. The van der Waals surface area contributed by atoms with Crippen molar-refractivity contribution in [2.45, 2.75) is 13.8 Å². The van der Waals surface area contributed by atoms with Crippen LogP contribution in [0, 0.1) is 6.92 Å². The van der Waals surface area contributed by atoms with E-state index in [1.54, 1.807) is 24.0 Å². The Hall–Kier alpha value is -3.06. The summed E-state index contributed by atoms with van der Waals surface area (Å²) in [5.74, 6) is 0.285. The fourth-order valence-corrected chi connectivity index (χ4v) is 3.59. The Morgan fingerprint density at radius 2 is 1.71 bits per heavy atom. The molecule has 0 aromatic heterocycles. The maximum Gasteiger partial charge on any atom is 0.258 e. The van der Waals surface area contributed by atoms with Crippen molar-refractivity contribution in [3.05, 3.63) is 58.6 Å². The topological polar surface area (TPSA) is 68.2 Å². The maximum atomic E-state index is 13.1. The lowest BCUT2D eigenvalue weighted by Gasteiger charge is -2.36. The summed E-state index contributed by atoms with van der Waals surface area (Å²) in [4.78, 5) is 35.2. The Balaban J connectivity index is 1.88. The molecule has 1 N–H and O–H groups in total. The standard InChI is InChI=1S/C23H28ClN5O2/c1-16-14-19(24)8-9-21(16)25-23(29-12-10-28(11-13-29)17(2)30)26-22(31)18-6-5-7-20(15-18)27(3)4/h5-9,14-15H,10-13H2,1-4H3,(H,25,26,31). The van der Waals surface area contributed by atoms with Crippen LogP contribution in [0.15, 0.2) is 47.5 Å². The summed E-state index contributed by atoms with van der Waals surface area (Å²) >= 11 is 6.08. The van der Waals surface area contributed by atoms with Crippen molar-refractivity contribution in [2.24, 2.45) is 4.99 Å². The number of hydrogen-bond acceptors (Lipinski definition) is 4. The van der Waals surface area contributed by atoms with Crippen molar-refractivity contribution in [3.63, 3.8) is 0 Å². The number of anilines is 1. The quantitative estimate of drug-likeness (QED) is 0.586. The van der Waals surface area contributed by atoms with Gasteiger partial charge in [-0.1, -0.05) is 17.7 Å². The molecule has 1 heterocycles. The molecule has 2 aromatic rings. The van der Waals surface area contributed by atoms with Crippen molar-refractivity contribution in [3.8, 4) is 0 Å². The van der Waals surface area contributed by atoms with Gasteiger partial charge in [-0.25, -0.2) is 4.99 Å². The van der Waals surface area contributed by atoms with E-state index in [2.05, 4.69) is 5.32 Å². The van der Waals surface area contributed by atoms with E-state index in [9.17, 15) is 9.59 Å². The second-order valence-electron chi connectivity index (χ2n) is 7.76. The van der Waals surface area contributed by atoms with E-state index in [-0.39, 0.29) is 11.8 Å². The fraction of sp³-hybridized carbons (Fsp3) is 0.348. The predicted octanol–water partition coefficient (Wildman–Crippen LogP) is 3.30. The van der Waals surface area contributed by atoms with Crippen molar-refractivity contribution in [2.75, 3.05) is 45.2 Å². The number of carbonyl (C=O) groups is 2. The van der Waals surface area contributed by atoms with Crippen LogP contribution in [-0.4, -0.2) is 67.8 Å². The zero-order chi connectivity index (χ0) is 22.5. The lowest BCUT2D eigenvalue weighted by atomic mass is 10.2. The van der Waals surface area contributed by atoms with Gasteiger partial charge in [0.15, 0.2) is 0 Å². The molecule has 1 aliphatic heterocycles. The summed E-state index contributed by atoms with van der Waals surface area (Å²) < 4.78 is 0. The Kier molecular flexibility index (Phi) is 7.17. The van der Waals surface area contributed by atoms with Crippen molar-refractivity contribution in [1.82, 2.24) is 15.1 Å². The van der Waals surface area contributed by atoms with Crippen LogP contribution in [0.5, 0.6) is 0 Å². The van der Waals surface area contributed by atoms with E-state index in [4.69, 9.17) is 16.6 Å². The minimum absolute atomic E-state index is 0.0521. The molecule has 7 nitrogen and oxygen atoms in total. The number of aliphatic imine (C=N–C) groups is 1. The molecular weight excluding hydrogens is 414 g/mol. The number of halogens is 1. The van der Waals surface area contributed by atoms with Gasteiger partial charge in [-0.05, 0) is 48.9 Å². The van der Waals surface area contributed by atoms with Crippen LogP contribution < -0.4 is 10.2 Å². The van der Waals surface area contributed by atoms with Gasteiger partial charge in [-0.15, -0.1) is 0 Å². The van der Waals surface area contributed by atoms with Crippen molar-refractivity contribution < 1.29 is 9.59 Å². The average Bonchev–Trinajstić information content (AvgIpc) is 2.75. The molecule has 0 spiro atoms. The average molecular weight is 442 g/mol. The third-order valence-corrected chi connectivity index (χ3v) is 5.49. The van der Waals surface area contributed by atoms with Crippen LogP contribution in [0.1, 0.15) is 22.8 Å². The molecule has 0 atom stereocenters. The molecular formula is C23H28ClN5O2. The van der Waals surface area contributed by atoms with E-state index in [0.29, 0.717) is 42.7 Å². The number of carbonyl (C=O) groups excluding carboxylic acids is 2. The number of piperazine rings is 1. The van der Waals surface area contributed by atoms with Gasteiger partial charge >= 0.3 is 0 Å². The molecule has 31 heavy (non-hydrogen) atoms. The number of amides is 2. The van der Waals surface area contributed by atoms with Gasteiger partial charge < -0.3 is 14.7 Å². The molecule has 0 aliphatic carbocycles. The highest BCUT2D eigenvalue weighted by Crippen LogP contribution is 2.23. The van der Waals surface area contributed by atoms with Gasteiger partial charge in [0.05, 0.1) is 5.69 Å². The third kappa shape index (κ3) is 5.76. The van der Waals surface area contributed by atoms with Gasteiger partial charge in [-0.2, -0.15) is 0 Å². The molecule has 0 bridgehead atoms. The molecule has 2 amide bonds. The smallest absolute Gasteiger partial charge is 0.258 e. The van der Waals surface area contributed by atoms with Crippen LogP contribution >= 0.6 is 11.6 Å². The van der Waals surface area contributed by atoms with E-state index >= 15 is 0 Å². The molecule has 2 aromatic carbocycles. The number of aryl methyl sites for hydroxylation is 1. The third-order valence-electron chi connectivity index (χ3n) is 5.26. The second-order valence-corrected chi connectivity index (χ2v) is 8.19. The molecule has 1 saturated heterocycles. The SMILES string of the molecule is CC(=O)N1CCN(C(=Nc2ccc(Cl)cc2C)NC(=O)c2cccc(N(C)C)c2)CC1. The molecule has 0 unspecified atom stereocenters. The van der Waals surface area contributed by atoms with Crippen LogP contribution in [0.2, 0.25) is 5.02 Å². The fourth-order valence-electron chi connectivity index (χ4n) is 3.37. The van der Waals surface area contributed by atoms with E-state index in [0.717, 1.165) is 16.9 Å². The van der Waals surface area contributed by atoms with Gasteiger partial charge in [0.1, 0.15) is 0 Å². The lowest BCUT2D eigenvalue weighted by Crippen LogP contribution is -2.54. The zero-order valence-corrected chi connectivity index (χ0v) is 19.1. The van der Waals surface area contributed by atoms with Crippen LogP contribution in [0.3, 0.4) is 0 Å². The first-order chi connectivity index (χ1) is 14.7. The van der Waals surface area contributed by atoms with Gasteiger partial charge in [0, 0.05) is 63.5 Å². The van der Waals surface area contributed by atoms with Crippen LogP contribution in [0.4, 0.5) is 11.4 Å². The van der Waals surface area contributed by atoms with E-state index < -0.39 is 0 Å².